The van der Waals surface area contributed by atoms with Crippen molar-refractivity contribution in [2.24, 2.45) is 11.7 Å². The first-order chi connectivity index (χ1) is 6.58. The molecule has 14 heavy (non-hydrogen) atoms. The van der Waals surface area contributed by atoms with Gasteiger partial charge in [0.15, 0.2) is 0 Å². The van der Waals surface area contributed by atoms with Gasteiger partial charge in [-0.1, -0.05) is 13.8 Å². The molecular weight excluding hydrogens is 176 g/mol. The first-order valence-corrected chi connectivity index (χ1v) is 5.63. The highest BCUT2D eigenvalue weighted by atomic mass is 16.1. The molecule has 0 aromatic carbocycles. The Labute approximate surface area is 86.4 Å². The van der Waals surface area contributed by atoms with Crippen molar-refractivity contribution >= 4 is 5.91 Å². The lowest BCUT2D eigenvalue weighted by Crippen LogP contribution is -2.34. The second kappa shape index (κ2) is 5.35. The van der Waals surface area contributed by atoms with E-state index in [9.17, 15) is 4.79 Å². The van der Waals surface area contributed by atoms with Crippen molar-refractivity contribution < 1.29 is 4.79 Å². The highest BCUT2D eigenvalue weighted by Gasteiger charge is 2.22. The lowest BCUT2D eigenvalue weighted by Gasteiger charge is -2.12. The maximum atomic E-state index is 11.5. The van der Waals surface area contributed by atoms with Crippen LogP contribution in [0.5, 0.6) is 0 Å². The molecule has 0 aromatic heterocycles. The number of nitrogens with one attached hydrogen (secondary N) is 1. The van der Waals surface area contributed by atoms with Crippen LogP contribution in [0.15, 0.2) is 0 Å². The van der Waals surface area contributed by atoms with E-state index in [0.29, 0.717) is 24.4 Å². The summed E-state index contributed by atoms with van der Waals surface area (Å²) in [6, 6.07) is 0.634. The first kappa shape index (κ1) is 11.5. The molecule has 82 valence electrons. The zero-order valence-electron chi connectivity index (χ0n) is 9.25. The van der Waals surface area contributed by atoms with Gasteiger partial charge in [-0.25, -0.2) is 0 Å². The zero-order chi connectivity index (χ0) is 10.6. The Bertz CT molecular complexity index is 192. The summed E-state index contributed by atoms with van der Waals surface area (Å²) >= 11 is 0. The van der Waals surface area contributed by atoms with E-state index in [0.717, 1.165) is 25.7 Å². The number of carbonyl (C=O) groups excluding carboxylic acids is 1. The molecule has 2 unspecified atom stereocenters. The van der Waals surface area contributed by atoms with E-state index in [2.05, 4.69) is 19.2 Å². The van der Waals surface area contributed by atoms with Gasteiger partial charge in [-0.2, -0.15) is 0 Å². The normalized spacial score (nSPS) is 26.9. The van der Waals surface area contributed by atoms with Crippen LogP contribution in [0.1, 0.15) is 46.0 Å². The van der Waals surface area contributed by atoms with Gasteiger partial charge in [-0.3, -0.25) is 4.79 Å². The largest absolute Gasteiger partial charge is 0.353 e. The summed E-state index contributed by atoms with van der Waals surface area (Å²) in [5.74, 6) is 0.796. The molecule has 3 N–H and O–H groups in total. The van der Waals surface area contributed by atoms with Gasteiger partial charge in [0.1, 0.15) is 0 Å². The molecule has 1 rings (SSSR count). The summed E-state index contributed by atoms with van der Waals surface area (Å²) in [5, 5.41) is 3.05. The fourth-order valence-corrected chi connectivity index (χ4v) is 1.87. The predicted molar refractivity (Wildman–Crippen MR) is 57.8 cm³/mol. The van der Waals surface area contributed by atoms with Crippen LogP contribution >= 0.6 is 0 Å². The third kappa shape index (κ3) is 4.09. The molecule has 1 aliphatic rings. The van der Waals surface area contributed by atoms with Crippen LogP contribution in [0.2, 0.25) is 0 Å². The van der Waals surface area contributed by atoms with E-state index >= 15 is 0 Å². The maximum Gasteiger partial charge on any atom is 0.220 e. The lowest BCUT2D eigenvalue weighted by atomic mass is 10.1. The van der Waals surface area contributed by atoms with E-state index in [1.165, 1.54) is 0 Å². The second-order valence-electron chi connectivity index (χ2n) is 4.77. The van der Waals surface area contributed by atoms with E-state index < -0.39 is 0 Å². The van der Waals surface area contributed by atoms with Crippen LogP contribution in [0, 0.1) is 5.92 Å². The number of nitrogens with two attached hydrogens (primary N) is 1. The molecule has 0 bridgehead atoms. The van der Waals surface area contributed by atoms with Crippen molar-refractivity contribution in [1.82, 2.24) is 5.32 Å². The molecule has 0 heterocycles. The average molecular weight is 198 g/mol. The van der Waals surface area contributed by atoms with Gasteiger partial charge in [0.2, 0.25) is 5.91 Å². The van der Waals surface area contributed by atoms with E-state index in [4.69, 9.17) is 5.73 Å². The molecule has 0 spiro atoms. The predicted octanol–water partition coefficient (Wildman–Crippen LogP) is 1.42. The second-order valence-corrected chi connectivity index (χ2v) is 4.77. The number of hydrogen-bond acceptors (Lipinski definition) is 2. The molecule has 1 fully saturated rings. The Balaban J connectivity index is 2.14. The first-order valence-electron chi connectivity index (χ1n) is 5.63. The van der Waals surface area contributed by atoms with Crippen LogP contribution in [0.3, 0.4) is 0 Å². The van der Waals surface area contributed by atoms with Crippen LogP contribution in [0.4, 0.5) is 0 Å². The molecule has 3 nitrogen and oxygen atoms in total. The molecule has 0 saturated heterocycles. The molecule has 1 amide bonds. The van der Waals surface area contributed by atoms with Crippen molar-refractivity contribution in [3.8, 4) is 0 Å². The minimum Gasteiger partial charge on any atom is -0.353 e. The quantitative estimate of drug-likeness (QED) is 0.717. The molecule has 0 aromatic rings. The molecular formula is C11H22N2O. The van der Waals surface area contributed by atoms with Gasteiger partial charge in [0.05, 0.1) is 0 Å². The van der Waals surface area contributed by atoms with Crippen LogP contribution in [0.25, 0.3) is 0 Å². The Morgan fingerprint density at radius 1 is 1.50 bits per heavy atom. The van der Waals surface area contributed by atoms with Crippen LogP contribution in [-0.2, 0) is 4.79 Å². The number of rotatable bonds is 4. The third-order valence-corrected chi connectivity index (χ3v) is 2.79. The Hall–Kier alpha value is -0.570. The summed E-state index contributed by atoms with van der Waals surface area (Å²) in [4.78, 5) is 11.5. The summed E-state index contributed by atoms with van der Waals surface area (Å²) in [6.45, 7) is 4.28. The molecule has 1 aliphatic carbocycles. The Kier molecular flexibility index (Phi) is 4.39. The maximum absolute atomic E-state index is 11.5. The summed E-state index contributed by atoms with van der Waals surface area (Å²) in [6.07, 6.45) is 4.69. The van der Waals surface area contributed by atoms with E-state index in [-0.39, 0.29) is 5.91 Å². The summed E-state index contributed by atoms with van der Waals surface area (Å²) in [7, 11) is 0. The third-order valence-electron chi connectivity index (χ3n) is 2.79. The van der Waals surface area contributed by atoms with E-state index in [1.54, 1.807) is 0 Å². The van der Waals surface area contributed by atoms with Crippen molar-refractivity contribution in [1.29, 1.82) is 0 Å². The standard InChI is InChI=1S/C11H22N2O/c1-8(2)3-6-11(14)13-10-5-4-9(12)7-10/h8-10H,3-7,12H2,1-2H3,(H,13,14). The Morgan fingerprint density at radius 2 is 2.21 bits per heavy atom. The Morgan fingerprint density at radius 3 is 2.71 bits per heavy atom. The van der Waals surface area contributed by atoms with Gasteiger partial charge in [-0.15, -0.1) is 0 Å². The van der Waals surface area contributed by atoms with Crippen molar-refractivity contribution in [2.45, 2.75) is 58.0 Å². The van der Waals surface area contributed by atoms with Gasteiger partial charge in [0, 0.05) is 18.5 Å². The highest BCUT2D eigenvalue weighted by molar-refractivity contribution is 5.76. The minimum atomic E-state index is 0.192. The van der Waals surface area contributed by atoms with Crippen LogP contribution < -0.4 is 11.1 Å². The number of hydrogen-bond donors (Lipinski definition) is 2. The van der Waals surface area contributed by atoms with Crippen LogP contribution in [-0.4, -0.2) is 18.0 Å². The molecule has 0 radical (unpaired) electrons. The fourth-order valence-electron chi connectivity index (χ4n) is 1.87. The topological polar surface area (TPSA) is 55.1 Å². The minimum absolute atomic E-state index is 0.192. The molecule has 1 saturated carbocycles. The van der Waals surface area contributed by atoms with Gasteiger partial charge in [-0.05, 0) is 31.6 Å². The number of carbonyl (C=O) groups is 1. The molecule has 2 atom stereocenters. The van der Waals surface area contributed by atoms with E-state index in [1.807, 2.05) is 0 Å². The lowest BCUT2D eigenvalue weighted by molar-refractivity contribution is -0.122. The fraction of sp³-hybridized carbons (Fsp3) is 0.909. The zero-order valence-corrected chi connectivity index (χ0v) is 9.25. The monoisotopic (exact) mass is 198 g/mol. The van der Waals surface area contributed by atoms with Crippen molar-refractivity contribution in [3.05, 3.63) is 0 Å². The molecule has 0 aliphatic heterocycles. The summed E-state index contributed by atoms with van der Waals surface area (Å²) < 4.78 is 0. The molecule has 3 heteroatoms. The van der Waals surface area contributed by atoms with Crippen molar-refractivity contribution in [2.75, 3.05) is 0 Å². The number of amides is 1. The smallest absolute Gasteiger partial charge is 0.220 e. The van der Waals surface area contributed by atoms with Gasteiger partial charge in [0.25, 0.3) is 0 Å². The highest BCUT2D eigenvalue weighted by Crippen LogP contribution is 2.17. The van der Waals surface area contributed by atoms with Crippen molar-refractivity contribution in [3.63, 3.8) is 0 Å². The average Bonchev–Trinajstić information content (AvgIpc) is 2.48. The van der Waals surface area contributed by atoms with Gasteiger partial charge >= 0.3 is 0 Å². The van der Waals surface area contributed by atoms with Gasteiger partial charge < -0.3 is 11.1 Å². The summed E-state index contributed by atoms with van der Waals surface area (Å²) in [5.41, 5.74) is 5.77. The SMILES string of the molecule is CC(C)CCC(=O)NC1CCC(N)C1.